The van der Waals surface area contributed by atoms with Gasteiger partial charge in [-0.05, 0) is 30.8 Å². The summed E-state index contributed by atoms with van der Waals surface area (Å²) in [5.74, 6) is 0. The number of rotatable bonds is 2. The van der Waals surface area contributed by atoms with Crippen molar-refractivity contribution in [3.63, 3.8) is 0 Å². The average Bonchev–Trinajstić information content (AvgIpc) is 2.13. The summed E-state index contributed by atoms with van der Waals surface area (Å²) in [6.07, 6.45) is 4.58. The Morgan fingerprint density at radius 1 is 1.31 bits per heavy atom. The van der Waals surface area contributed by atoms with E-state index < -0.39 is 5.54 Å². The summed E-state index contributed by atoms with van der Waals surface area (Å²) in [6.45, 7) is 9.86. The minimum absolute atomic E-state index is 0.0404. The number of hydrogen-bond donors (Lipinski definition) is 0. The lowest BCUT2D eigenvalue weighted by atomic mass is 9.65. The minimum Gasteiger partial charge on any atom is -0.211 e. The van der Waals surface area contributed by atoms with Crippen molar-refractivity contribution in [1.29, 1.82) is 0 Å². The fraction of sp³-hybridized carbons (Fsp3) is 0.667. The van der Waals surface area contributed by atoms with Gasteiger partial charge in [0, 0.05) is 0 Å². The molecule has 4 nitrogen and oxygen atoms in total. The molecular formula is C12H16N2O2. The highest BCUT2D eigenvalue weighted by Crippen LogP contribution is 2.46. The Balaban J connectivity index is 3.16. The molecule has 2 atom stereocenters. The fourth-order valence-corrected chi connectivity index (χ4v) is 2.52. The van der Waals surface area contributed by atoms with Gasteiger partial charge in [0.15, 0.2) is 0 Å². The van der Waals surface area contributed by atoms with Crippen LogP contribution in [0, 0.1) is 5.41 Å². The lowest BCUT2D eigenvalue weighted by Crippen LogP contribution is -2.43. The van der Waals surface area contributed by atoms with Gasteiger partial charge < -0.3 is 0 Å². The van der Waals surface area contributed by atoms with Crippen LogP contribution in [-0.4, -0.2) is 23.7 Å². The first-order valence-corrected chi connectivity index (χ1v) is 5.20. The van der Waals surface area contributed by atoms with Crippen LogP contribution in [0.2, 0.25) is 0 Å². The Morgan fingerprint density at radius 3 is 2.44 bits per heavy atom. The van der Waals surface area contributed by atoms with E-state index >= 15 is 0 Å². The van der Waals surface area contributed by atoms with Crippen LogP contribution in [0.5, 0.6) is 0 Å². The Labute approximate surface area is 95.2 Å². The summed E-state index contributed by atoms with van der Waals surface area (Å²) >= 11 is 0. The zero-order valence-electron chi connectivity index (χ0n) is 9.91. The second kappa shape index (κ2) is 4.17. The molecule has 0 aliphatic heterocycles. The molecule has 0 amide bonds. The number of carbonyl (C=O) groups excluding carboxylic acids is 2. The van der Waals surface area contributed by atoms with Gasteiger partial charge in [-0.15, -0.1) is 0 Å². The summed E-state index contributed by atoms with van der Waals surface area (Å²) < 4.78 is 0. The van der Waals surface area contributed by atoms with Crippen LogP contribution in [-0.2, 0) is 9.59 Å². The molecule has 1 rings (SSSR count). The zero-order valence-corrected chi connectivity index (χ0v) is 9.91. The number of aliphatic imine (C=N–C) groups is 2. The van der Waals surface area contributed by atoms with Gasteiger partial charge in [-0.1, -0.05) is 20.4 Å². The first kappa shape index (κ1) is 12.6. The molecule has 0 spiro atoms. The van der Waals surface area contributed by atoms with Crippen molar-refractivity contribution in [3.8, 4) is 0 Å². The summed E-state index contributed by atoms with van der Waals surface area (Å²) in [5.41, 5.74) is -0.0194. The molecule has 86 valence electrons. The van der Waals surface area contributed by atoms with Crippen molar-refractivity contribution in [2.24, 2.45) is 15.4 Å². The molecule has 16 heavy (non-hydrogen) atoms. The highest BCUT2D eigenvalue weighted by atomic mass is 16.1. The zero-order chi connectivity index (χ0) is 12.4. The van der Waals surface area contributed by atoms with Crippen molar-refractivity contribution in [1.82, 2.24) is 0 Å². The van der Waals surface area contributed by atoms with Crippen LogP contribution in [0.1, 0.15) is 33.6 Å². The summed E-state index contributed by atoms with van der Waals surface area (Å²) in [5, 5.41) is 0. The molecule has 4 heteroatoms. The first-order valence-electron chi connectivity index (χ1n) is 5.20. The van der Waals surface area contributed by atoms with E-state index in [0.29, 0.717) is 12.0 Å². The third kappa shape index (κ3) is 2.35. The summed E-state index contributed by atoms with van der Waals surface area (Å²) in [6, 6.07) is -0.302. The molecule has 1 saturated carbocycles. The van der Waals surface area contributed by atoms with Crippen LogP contribution < -0.4 is 0 Å². The van der Waals surface area contributed by atoms with Crippen molar-refractivity contribution in [2.45, 2.75) is 45.2 Å². The Bertz CT molecular complexity index is 401. The molecule has 0 aromatic heterocycles. The summed E-state index contributed by atoms with van der Waals surface area (Å²) in [7, 11) is 0. The number of isocyanates is 2. The van der Waals surface area contributed by atoms with Gasteiger partial charge in [0.25, 0.3) is 0 Å². The van der Waals surface area contributed by atoms with E-state index in [2.05, 4.69) is 30.4 Å². The van der Waals surface area contributed by atoms with Gasteiger partial charge in [-0.3, -0.25) is 0 Å². The average molecular weight is 220 g/mol. The Kier molecular flexibility index (Phi) is 3.27. The molecule has 0 aromatic carbocycles. The van der Waals surface area contributed by atoms with Gasteiger partial charge in [-0.25, -0.2) is 9.59 Å². The molecule has 0 bridgehead atoms. The van der Waals surface area contributed by atoms with Crippen molar-refractivity contribution < 1.29 is 9.59 Å². The third-order valence-electron chi connectivity index (χ3n) is 3.16. The maximum atomic E-state index is 10.5. The lowest BCUT2D eigenvalue weighted by Gasteiger charge is -2.43. The molecule has 0 N–H and O–H groups in total. The van der Waals surface area contributed by atoms with E-state index in [-0.39, 0.29) is 11.5 Å². The Morgan fingerprint density at radius 2 is 1.94 bits per heavy atom. The highest BCUT2D eigenvalue weighted by Gasteiger charge is 2.44. The van der Waals surface area contributed by atoms with Crippen LogP contribution in [0.25, 0.3) is 0 Å². The van der Waals surface area contributed by atoms with Crippen molar-refractivity contribution >= 4 is 12.2 Å². The molecule has 0 heterocycles. The van der Waals surface area contributed by atoms with Crippen LogP contribution in [0.15, 0.2) is 22.1 Å². The molecule has 2 unspecified atom stereocenters. The predicted octanol–water partition coefficient (Wildman–Crippen LogP) is 2.16. The number of hydrogen-bond acceptors (Lipinski definition) is 4. The normalized spacial score (nSPS) is 32.4. The van der Waals surface area contributed by atoms with E-state index in [9.17, 15) is 9.59 Å². The van der Waals surface area contributed by atoms with Crippen LogP contribution in [0.3, 0.4) is 0 Å². The second-order valence-electron chi connectivity index (χ2n) is 5.28. The van der Waals surface area contributed by atoms with Crippen LogP contribution >= 0.6 is 0 Å². The van der Waals surface area contributed by atoms with E-state index in [1.165, 1.54) is 0 Å². The van der Waals surface area contributed by atoms with Gasteiger partial charge in [0.2, 0.25) is 12.2 Å². The maximum Gasteiger partial charge on any atom is 0.235 e. The molecule has 1 aliphatic rings. The molecular weight excluding hydrogens is 204 g/mol. The van der Waals surface area contributed by atoms with E-state index in [1.807, 2.05) is 6.92 Å². The molecule has 0 radical (unpaired) electrons. The van der Waals surface area contributed by atoms with Gasteiger partial charge in [0.1, 0.15) is 0 Å². The summed E-state index contributed by atoms with van der Waals surface area (Å²) in [4.78, 5) is 28.4. The van der Waals surface area contributed by atoms with E-state index in [1.54, 1.807) is 12.2 Å². The molecule has 1 aliphatic carbocycles. The first-order chi connectivity index (χ1) is 7.34. The fourth-order valence-electron chi connectivity index (χ4n) is 2.52. The smallest absolute Gasteiger partial charge is 0.211 e. The van der Waals surface area contributed by atoms with Crippen molar-refractivity contribution in [3.05, 3.63) is 12.2 Å². The Hall–Kier alpha value is -1.50. The van der Waals surface area contributed by atoms with Gasteiger partial charge >= 0.3 is 0 Å². The maximum absolute atomic E-state index is 10.5. The monoisotopic (exact) mass is 220 g/mol. The van der Waals surface area contributed by atoms with Crippen LogP contribution in [0.4, 0.5) is 0 Å². The lowest BCUT2D eigenvalue weighted by molar-refractivity contribution is 0.197. The second-order valence-corrected chi connectivity index (χ2v) is 5.28. The molecule has 0 aromatic rings. The quantitative estimate of drug-likeness (QED) is 0.407. The highest BCUT2D eigenvalue weighted by molar-refractivity contribution is 5.42. The molecule has 1 fully saturated rings. The van der Waals surface area contributed by atoms with E-state index in [4.69, 9.17) is 0 Å². The standard InChI is InChI=1S/C12H16N2O2/c1-9-10(13-7-15)5-11(2,3)6-12(9,4)14-8-16/h10H,1,5-6H2,2-4H3. The largest absolute Gasteiger partial charge is 0.235 e. The number of nitrogens with zero attached hydrogens (tertiary/aromatic N) is 2. The predicted molar refractivity (Wildman–Crippen MR) is 60.6 cm³/mol. The van der Waals surface area contributed by atoms with Gasteiger partial charge in [-0.2, -0.15) is 9.98 Å². The van der Waals surface area contributed by atoms with Crippen molar-refractivity contribution in [2.75, 3.05) is 0 Å². The topological polar surface area (TPSA) is 58.9 Å². The van der Waals surface area contributed by atoms with E-state index in [0.717, 1.165) is 6.42 Å². The molecule has 0 saturated heterocycles. The minimum atomic E-state index is -0.672. The third-order valence-corrected chi connectivity index (χ3v) is 3.16. The SMILES string of the molecule is C=C1C(N=C=O)CC(C)(C)CC1(C)N=C=O. The van der Waals surface area contributed by atoms with Gasteiger partial charge in [0.05, 0.1) is 11.6 Å².